The Morgan fingerprint density at radius 3 is 2.46 bits per heavy atom. The fraction of sp³-hybridized carbons (Fsp3) is 0.471. The quantitative estimate of drug-likeness (QED) is 0.872. The van der Waals surface area contributed by atoms with Crippen molar-refractivity contribution in [3.05, 3.63) is 35.7 Å². The third-order valence-electron chi connectivity index (χ3n) is 3.87. The number of ether oxygens (including phenoxy) is 1. The summed E-state index contributed by atoms with van der Waals surface area (Å²) in [5.41, 5.74) is 7.47. The van der Waals surface area contributed by atoms with Crippen molar-refractivity contribution in [2.75, 3.05) is 13.6 Å². The third-order valence-corrected chi connectivity index (χ3v) is 3.87. The lowest BCUT2D eigenvalue weighted by molar-refractivity contribution is 0.0741. The summed E-state index contributed by atoms with van der Waals surface area (Å²) in [5, 5.41) is 8.16. The molecule has 1 heterocycles. The summed E-state index contributed by atoms with van der Waals surface area (Å²) < 4.78 is 7.28. The van der Waals surface area contributed by atoms with Crippen molar-refractivity contribution >= 4 is 5.91 Å². The van der Waals surface area contributed by atoms with Gasteiger partial charge in [-0.1, -0.05) is 5.21 Å². The first kappa shape index (κ1) is 17.9. The first-order valence-corrected chi connectivity index (χ1v) is 8.01. The first-order valence-electron chi connectivity index (χ1n) is 8.01. The smallest absolute Gasteiger partial charge is 0.276 e. The van der Waals surface area contributed by atoms with Gasteiger partial charge in [0.05, 0.1) is 17.5 Å². The Morgan fingerprint density at radius 2 is 1.92 bits per heavy atom. The highest BCUT2D eigenvalue weighted by Gasteiger charge is 2.23. The van der Waals surface area contributed by atoms with E-state index >= 15 is 0 Å². The molecule has 1 unspecified atom stereocenters. The summed E-state index contributed by atoms with van der Waals surface area (Å²) in [6, 6.07) is 7.47. The monoisotopic (exact) mass is 331 g/mol. The number of nitrogens with zero attached hydrogens (tertiary/aromatic N) is 4. The lowest BCUT2D eigenvalue weighted by atomic mass is 10.2. The van der Waals surface area contributed by atoms with E-state index in [0.717, 1.165) is 11.4 Å². The number of benzene rings is 1. The zero-order valence-corrected chi connectivity index (χ0v) is 14.9. The van der Waals surface area contributed by atoms with Crippen LogP contribution in [0.3, 0.4) is 0 Å². The maximum absolute atomic E-state index is 12.5. The molecular weight excluding hydrogens is 306 g/mol. The van der Waals surface area contributed by atoms with Crippen LogP contribution in [0.5, 0.6) is 5.75 Å². The largest absolute Gasteiger partial charge is 0.491 e. The molecule has 2 aromatic rings. The van der Waals surface area contributed by atoms with E-state index in [2.05, 4.69) is 10.3 Å². The van der Waals surface area contributed by atoms with E-state index in [0.29, 0.717) is 17.9 Å². The number of carbonyl (C=O) groups excluding carboxylic acids is 1. The summed E-state index contributed by atoms with van der Waals surface area (Å²) in [5.74, 6) is 0.607. The molecule has 0 spiro atoms. The Bertz CT molecular complexity index is 694. The number of amides is 1. The highest BCUT2D eigenvalue weighted by Crippen LogP contribution is 2.18. The Balaban J connectivity index is 2.25. The van der Waals surface area contributed by atoms with E-state index in [4.69, 9.17) is 10.5 Å². The second-order valence-electron chi connectivity index (χ2n) is 6.10. The Morgan fingerprint density at radius 1 is 1.29 bits per heavy atom. The molecule has 130 valence electrons. The number of nitrogens with two attached hydrogens (primary N) is 1. The van der Waals surface area contributed by atoms with Gasteiger partial charge in [0.15, 0.2) is 5.69 Å². The van der Waals surface area contributed by atoms with Gasteiger partial charge < -0.3 is 15.4 Å². The van der Waals surface area contributed by atoms with Crippen molar-refractivity contribution in [2.24, 2.45) is 5.73 Å². The van der Waals surface area contributed by atoms with Crippen LogP contribution in [-0.4, -0.2) is 51.5 Å². The van der Waals surface area contributed by atoms with Crippen LogP contribution >= 0.6 is 0 Å². The molecule has 0 saturated heterocycles. The third kappa shape index (κ3) is 3.73. The minimum absolute atomic E-state index is 0.0606. The van der Waals surface area contributed by atoms with Crippen LogP contribution in [0.25, 0.3) is 5.69 Å². The molecule has 7 nitrogen and oxygen atoms in total. The van der Waals surface area contributed by atoms with Crippen LogP contribution in [0.4, 0.5) is 0 Å². The number of likely N-dealkylation sites (N-methyl/N-ethyl adjacent to an activating group) is 1. The van der Waals surface area contributed by atoms with Gasteiger partial charge in [0, 0.05) is 19.6 Å². The van der Waals surface area contributed by atoms with Crippen molar-refractivity contribution in [3.8, 4) is 11.4 Å². The second-order valence-corrected chi connectivity index (χ2v) is 6.10. The van der Waals surface area contributed by atoms with Gasteiger partial charge in [0.1, 0.15) is 5.75 Å². The fourth-order valence-corrected chi connectivity index (χ4v) is 2.24. The van der Waals surface area contributed by atoms with Gasteiger partial charge in [-0.05, 0) is 52.0 Å². The molecule has 24 heavy (non-hydrogen) atoms. The van der Waals surface area contributed by atoms with Crippen LogP contribution in [0, 0.1) is 6.92 Å². The predicted octanol–water partition coefficient (Wildman–Crippen LogP) is 1.78. The predicted molar refractivity (Wildman–Crippen MR) is 92.5 cm³/mol. The number of hydrogen-bond donors (Lipinski definition) is 1. The van der Waals surface area contributed by atoms with Crippen molar-refractivity contribution in [1.29, 1.82) is 0 Å². The molecular formula is C17H25N5O2. The number of rotatable bonds is 6. The molecule has 2 N–H and O–H groups in total. The molecule has 1 atom stereocenters. The SMILES string of the molecule is Cc1c(C(=O)N(C)C(C)CN)nnn1-c1ccc(OC(C)C)cc1. The van der Waals surface area contributed by atoms with Crippen molar-refractivity contribution in [3.63, 3.8) is 0 Å². The molecule has 0 aliphatic rings. The van der Waals surface area contributed by atoms with Gasteiger partial charge in [-0.2, -0.15) is 0 Å². The molecule has 0 saturated carbocycles. The minimum Gasteiger partial charge on any atom is -0.491 e. The summed E-state index contributed by atoms with van der Waals surface area (Å²) in [4.78, 5) is 14.1. The molecule has 7 heteroatoms. The van der Waals surface area contributed by atoms with E-state index in [-0.39, 0.29) is 18.1 Å². The topological polar surface area (TPSA) is 86.3 Å². The molecule has 0 fully saturated rings. The van der Waals surface area contributed by atoms with Crippen LogP contribution in [0.15, 0.2) is 24.3 Å². The zero-order valence-electron chi connectivity index (χ0n) is 14.9. The molecule has 1 aromatic carbocycles. The first-order chi connectivity index (χ1) is 11.3. The summed E-state index contributed by atoms with van der Waals surface area (Å²) in [7, 11) is 1.72. The maximum Gasteiger partial charge on any atom is 0.276 e. The summed E-state index contributed by atoms with van der Waals surface area (Å²) in [6.45, 7) is 8.07. The number of aromatic nitrogens is 3. The Kier molecular flexibility index (Phi) is 5.56. The lowest BCUT2D eigenvalue weighted by Gasteiger charge is -2.22. The minimum atomic E-state index is -0.184. The average molecular weight is 331 g/mol. The zero-order chi connectivity index (χ0) is 17.9. The van der Waals surface area contributed by atoms with Crippen LogP contribution in [-0.2, 0) is 0 Å². The van der Waals surface area contributed by atoms with Gasteiger partial charge in [0.2, 0.25) is 0 Å². The molecule has 0 radical (unpaired) electrons. The Labute approximate surface area is 142 Å². The highest BCUT2D eigenvalue weighted by molar-refractivity contribution is 5.93. The second kappa shape index (κ2) is 7.44. The number of carbonyl (C=O) groups is 1. The lowest BCUT2D eigenvalue weighted by Crippen LogP contribution is -2.40. The van der Waals surface area contributed by atoms with E-state index in [1.165, 1.54) is 0 Å². The van der Waals surface area contributed by atoms with Crippen molar-refractivity contribution in [2.45, 2.75) is 39.8 Å². The molecule has 2 rings (SSSR count). The standard InChI is InChI=1S/C17H25N5O2/c1-11(2)24-15-8-6-14(7-9-15)22-13(4)16(19-20-22)17(23)21(5)12(3)10-18/h6-9,11-12H,10,18H2,1-5H3. The fourth-order valence-electron chi connectivity index (χ4n) is 2.24. The van der Waals surface area contributed by atoms with Crippen LogP contribution < -0.4 is 10.5 Å². The normalized spacial score (nSPS) is 12.3. The summed E-state index contributed by atoms with van der Waals surface area (Å²) >= 11 is 0. The molecule has 0 aliphatic carbocycles. The van der Waals surface area contributed by atoms with Gasteiger partial charge in [0.25, 0.3) is 5.91 Å². The molecule has 0 bridgehead atoms. The van der Waals surface area contributed by atoms with Crippen LogP contribution in [0.1, 0.15) is 37.0 Å². The molecule has 0 aliphatic heterocycles. The van der Waals surface area contributed by atoms with Gasteiger partial charge in [-0.3, -0.25) is 4.79 Å². The number of hydrogen-bond acceptors (Lipinski definition) is 5. The van der Waals surface area contributed by atoms with Gasteiger partial charge in [-0.25, -0.2) is 4.68 Å². The highest BCUT2D eigenvalue weighted by atomic mass is 16.5. The van der Waals surface area contributed by atoms with Gasteiger partial charge >= 0.3 is 0 Å². The van der Waals surface area contributed by atoms with Crippen molar-refractivity contribution < 1.29 is 9.53 Å². The van der Waals surface area contributed by atoms with E-state index in [9.17, 15) is 4.79 Å². The van der Waals surface area contributed by atoms with E-state index in [1.807, 2.05) is 52.0 Å². The molecule has 1 amide bonds. The van der Waals surface area contributed by atoms with E-state index < -0.39 is 0 Å². The summed E-state index contributed by atoms with van der Waals surface area (Å²) in [6.07, 6.45) is 0.119. The Hall–Kier alpha value is -2.41. The molecule has 1 aromatic heterocycles. The average Bonchev–Trinajstić information content (AvgIpc) is 2.94. The van der Waals surface area contributed by atoms with E-state index in [1.54, 1.807) is 16.6 Å². The van der Waals surface area contributed by atoms with Crippen LogP contribution in [0.2, 0.25) is 0 Å². The van der Waals surface area contributed by atoms with Crippen molar-refractivity contribution in [1.82, 2.24) is 19.9 Å². The maximum atomic E-state index is 12.5. The van der Waals surface area contributed by atoms with Gasteiger partial charge in [-0.15, -0.1) is 5.10 Å².